The first-order valence-electron chi connectivity index (χ1n) is 9.66. The summed E-state index contributed by atoms with van der Waals surface area (Å²) in [5, 5.41) is 24.0. The molecule has 3 rings (SSSR count). The van der Waals surface area contributed by atoms with Crippen LogP contribution in [-0.2, 0) is 6.42 Å². The van der Waals surface area contributed by atoms with Crippen LogP contribution in [0.4, 0.5) is 15.8 Å². The highest BCUT2D eigenvalue weighted by atomic mass is 19.1. The third-order valence-electron chi connectivity index (χ3n) is 4.89. The van der Waals surface area contributed by atoms with Crippen molar-refractivity contribution in [2.45, 2.75) is 19.3 Å². The number of carbonyl (C=O) groups excluding carboxylic acids is 1. The second-order valence-corrected chi connectivity index (χ2v) is 6.99. The van der Waals surface area contributed by atoms with Crippen LogP contribution < -0.4 is 16.2 Å². The van der Waals surface area contributed by atoms with Gasteiger partial charge in [0.1, 0.15) is 11.4 Å². The summed E-state index contributed by atoms with van der Waals surface area (Å²) in [5.74, 6) is -2.33. The zero-order valence-electron chi connectivity index (χ0n) is 16.8. The largest absolute Gasteiger partial charge is 0.478 e. The number of hydrogen-bond acceptors (Lipinski definition) is 5. The standard InChI is InChI=1S/C22H22FN3O5/c1-24-18-11-15(23)9-14-10-16(21(29)26-19(14)18)20(28)25-17-6-5-13(22(30)31)8-12(17)4-2-3-7-27/h5-6,8-11,24,27H,2-4,7H2,1H3,(H,25,28)(H,26,29)(H,30,31). The summed E-state index contributed by atoms with van der Waals surface area (Å²) in [4.78, 5) is 39.2. The number of carboxylic acid groups (broad SMARTS) is 1. The molecule has 0 aliphatic carbocycles. The van der Waals surface area contributed by atoms with Crippen molar-refractivity contribution in [3.63, 3.8) is 0 Å². The maximum absolute atomic E-state index is 13.9. The van der Waals surface area contributed by atoms with E-state index in [2.05, 4.69) is 15.6 Å². The number of aliphatic hydroxyl groups is 1. The lowest BCUT2D eigenvalue weighted by Crippen LogP contribution is -2.24. The van der Waals surface area contributed by atoms with Gasteiger partial charge in [0.15, 0.2) is 0 Å². The van der Waals surface area contributed by atoms with E-state index in [1.807, 2.05) is 0 Å². The zero-order valence-corrected chi connectivity index (χ0v) is 16.8. The van der Waals surface area contributed by atoms with E-state index in [0.29, 0.717) is 47.1 Å². The molecule has 2 aromatic carbocycles. The number of carbonyl (C=O) groups is 2. The Morgan fingerprint density at radius 2 is 1.87 bits per heavy atom. The second kappa shape index (κ2) is 9.40. The van der Waals surface area contributed by atoms with Gasteiger partial charge in [0.05, 0.1) is 16.8 Å². The molecule has 0 bridgehead atoms. The molecule has 1 heterocycles. The van der Waals surface area contributed by atoms with E-state index in [-0.39, 0.29) is 17.7 Å². The van der Waals surface area contributed by atoms with Crippen LogP contribution in [-0.4, -0.2) is 40.7 Å². The van der Waals surface area contributed by atoms with Crippen LogP contribution in [0, 0.1) is 5.82 Å². The van der Waals surface area contributed by atoms with Gasteiger partial charge in [-0.25, -0.2) is 9.18 Å². The molecule has 1 aromatic heterocycles. The summed E-state index contributed by atoms with van der Waals surface area (Å²) in [6.07, 6.45) is 1.54. The molecule has 31 heavy (non-hydrogen) atoms. The summed E-state index contributed by atoms with van der Waals surface area (Å²) >= 11 is 0. The molecule has 0 unspecified atom stereocenters. The molecule has 0 aliphatic heterocycles. The Balaban J connectivity index is 1.97. The fraction of sp³-hybridized carbons (Fsp3) is 0.227. The quantitative estimate of drug-likeness (QED) is 0.351. The normalized spacial score (nSPS) is 10.8. The first kappa shape index (κ1) is 22.0. The van der Waals surface area contributed by atoms with Crippen molar-refractivity contribution < 1.29 is 24.2 Å². The van der Waals surface area contributed by atoms with E-state index < -0.39 is 23.3 Å². The summed E-state index contributed by atoms with van der Waals surface area (Å²) in [5.41, 5.74) is 0.914. The number of nitrogens with one attached hydrogen (secondary N) is 3. The lowest BCUT2D eigenvalue weighted by Gasteiger charge is -2.13. The van der Waals surface area contributed by atoms with Gasteiger partial charge in [-0.3, -0.25) is 9.59 Å². The average Bonchev–Trinajstić information content (AvgIpc) is 2.74. The van der Waals surface area contributed by atoms with Gasteiger partial charge >= 0.3 is 5.97 Å². The second-order valence-electron chi connectivity index (χ2n) is 6.99. The summed E-state index contributed by atoms with van der Waals surface area (Å²) < 4.78 is 13.9. The number of unbranched alkanes of at least 4 members (excludes halogenated alkanes) is 1. The average molecular weight is 427 g/mol. The van der Waals surface area contributed by atoms with Gasteiger partial charge in [-0.2, -0.15) is 0 Å². The molecule has 8 nitrogen and oxygen atoms in total. The molecule has 0 aliphatic rings. The number of halogens is 1. The predicted octanol–water partition coefficient (Wildman–Crippen LogP) is 2.97. The smallest absolute Gasteiger partial charge is 0.335 e. The SMILES string of the molecule is CNc1cc(F)cc2cc(C(=O)Nc3ccc(C(=O)O)cc3CCCCO)c(=O)[nH]c12. The number of amides is 1. The van der Waals surface area contributed by atoms with E-state index in [9.17, 15) is 23.9 Å². The Labute approximate surface area is 176 Å². The van der Waals surface area contributed by atoms with Gasteiger partial charge in [-0.05, 0) is 61.2 Å². The van der Waals surface area contributed by atoms with Gasteiger partial charge in [-0.1, -0.05) is 0 Å². The van der Waals surface area contributed by atoms with Crippen molar-refractivity contribution in [1.29, 1.82) is 0 Å². The molecule has 5 N–H and O–H groups in total. The highest BCUT2D eigenvalue weighted by Gasteiger charge is 2.17. The number of aromatic amines is 1. The van der Waals surface area contributed by atoms with Crippen LogP contribution in [0.15, 0.2) is 41.2 Å². The molecule has 1 amide bonds. The van der Waals surface area contributed by atoms with E-state index >= 15 is 0 Å². The van der Waals surface area contributed by atoms with Crippen molar-refractivity contribution in [2.24, 2.45) is 0 Å². The number of hydrogen-bond donors (Lipinski definition) is 5. The molecule has 3 aromatic rings. The molecule has 0 saturated heterocycles. The first-order chi connectivity index (χ1) is 14.8. The van der Waals surface area contributed by atoms with Gasteiger partial charge in [0, 0.05) is 24.7 Å². The number of anilines is 2. The van der Waals surface area contributed by atoms with Crippen LogP contribution >= 0.6 is 0 Å². The minimum atomic E-state index is -1.10. The number of aryl methyl sites for hydroxylation is 1. The Bertz CT molecular complexity index is 1210. The third-order valence-corrected chi connectivity index (χ3v) is 4.89. The van der Waals surface area contributed by atoms with Crippen LogP contribution in [0.2, 0.25) is 0 Å². The number of H-pyrrole nitrogens is 1. The highest BCUT2D eigenvalue weighted by molar-refractivity contribution is 6.07. The maximum Gasteiger partial charge on any atom is 0.335 e. The fourth-order valence-corrected chi connectivity index (χ4v) is 3.32. The topological polar surface area (TPSA) is 132 Å². The number of fused-ring (bicyclic) bond motifs is 1. The maximum atomic E-state index is 13.9. The lowest BCUT2D eigenvalue weighted by molar-refractivity contribution is 0.0696. The van der Waals surface area contributed by atoms with Gasteiger partial charge < -0.3 is 25.8 Å². The number of pyridine rings is 1. The van der Waals surface area contributed by atoms with Gasteiger partial charge in [0.2, 0.25) is 0 Å². The molecule has 0 spiro atoms. The Kier molecular flexibility index (Phi) is 6.66. The predicted molar refractivity (Wildman–Crippen MR) is 115 cm³/mol. The Hall–Kier alpha value is -3.72. The van der Waals surface area contributed by atoms with Crippen molar-refractivity contribution >= 4 is 34.2 Å². The number of carboxylic acids is 1. The monoisotopic (exact) mass is 427 g/mol. The van der Waals surface area contributed by atoms with Crippen LogP contribution in [0.1, 0.15) is 39.1 Å². The minimum absolute atomic E-state index is 0.00204. The third kappa shape index (κ3) is 4.89. The minimum Gasteiger partial charge on any atom is -0.478 e. The number of aromatic carboxylic acids is 1. The van der Waals surface area contributed by atoms with Crippen molar-refractivity contribution in [3.05, 3.63) is 69.3 Å². The van der Waals surface area contributed by atoms with Gasteiger partial charge in [-0.15, -0.1) is 0 Å². The lowest BCUT2D eigenvalue weighted by atomic mass is 10.0. The Morgan fingerprint density at radius 1 is 1.10 bits per heavy atom. The molecule has 0 saturated carbocycles. The number of aromatic nitrogens is 1. The molecule has 0 fully saturated rings. The Morgan fingerprint density at radius 3 is 2.55 bits per heavy atom. The van der Waals surface area contributed by atoms with Crippen LogP contribution in [0.5, 0.6) is 0 Å². The summed E-state index contributed by atoms with van der Waals surface area (Å²) in [7, 11) is 1.59. The molecule has 9 heteroatoms. The van der Waals surface area contributed by atoms with Crippen molar-refractivity contribution in [2.75, 3.05) is 24.3 Å². The van der Waals surface area contributed by atoms with E-state index in [1.54, 1.807) is 7.05 Å². The molecular formula is C22H22FN3O5. The van der Waals surface area contributed by atoms with E-state index in [1.165, 1.54) is 36.4 Å². The first-order valence-corrected chi connectivity index (χ1v) is 9.66. The molecule has 0 radical (unpaired) electrons. The van der Waals surface area contributed by atoms with E-state index in [0.717, 1.165) is 0 Å². The molecule has 162 valence electrons. The highest BCUT2D eigenvalue weighted by Crippen LogP contribution is 2.24. The van der Waals surface area contributed by atoms with Gasteiger partial charge in [0.25, 0.3) is 11.5 Å². The van der Waals surface area contributed by atoms with Crippen LogP contribution in [0.3, 0.4) is 0 Å². The fourth-order valence-electron chi connectivity index (χ4n) is 3.32. The van der Waals surface area contributed by atoms with Crippen molar-refractivity contribution in [1.82, 2.24) is 4.98 Å². The molecular weight excluding hydrogens is 405 g/mol. The number of rotatable bonds is 8. The summed E-state index contributed by atoms with van der Waals surface area (Å²) in [6, 6.07) is 8.03. The molecule has 0 atom stereocenters. The van der Waals surface area contributed by atoms with E-state index in [4.69, 9.17) is 5.11 Å². The number of benzene rings is 2. The van der Waals surface area contributed by atoms with Crippen molar-refractivity contribution in [3.8, 4) is 0 Å². The van der Waals surface area contributed by atoms with Crippen LogP contribution in [0.25, 0.3) is 10.9 Å². The number of aliphatic hydroxyl groups excluding tert-OH is 1. The zero-order chi connectivity index (χ0) is 22.5. The summed E-state index contributed by atoms with van der Waals surface area (Å²) in [6.45, 7) is -0.00204.